The highest BCUT2D eigenvalue weighted by Crippen LogP contribution is 2.12. The van der Waals surface area contributed by atoms with E-state index in [-0.39, 0.29) is 11.7 Å². The Kier molecular flexibility index (Phi) is 2.28. The maximum absolute atomic E-state index is 11.1. The summed E-state index contributed by atoms with van der Waals surface area (Å²) in [5, 5.41) is 11.5. The fourth-order valence-electron chi connectivity index (χ4n) is 0.887. The smallest absolute Gasteiger partial charge is 0.253 e. The molecule has 12 heavy (non-hydrogen) atoms. The highest BCUT2D eigenvalue weighted by molar-refractivity contribution is 5.95. The highest BCUT2D eigenvalue weighted by Gasteiger charge is 2.07. The van der Waals surface area contributed by atoms with E-state index in [1.165, 1.54) is 19.3 Å². The standard InChI is InChI=1S/C8H10N2O2/c1-5-7(8(12)9-2)3-6(11)4-10-5/h3-4,11H,1-2H3,(H,9,12). The minimum atomic E-state index is -0.240. The average Bonchev–Trinajstić information content (AvgIpc) is 2.08. The summed E-state index contributed by atoms with van der Waals surface area (Å²) in [5.41, 5.74) is 1.00. The Morgan fingerprint density at radius 3 is 2.92 bits per heavy atom. The highest BCUT2D eigenvalue weighted by atomic mass is 16.3. The second-order valence-electron chi connectivity index (χ2n) is 2.41. The lowest BCUT2D eigenvalue weighted by atomic mass is 10.2. The van der Waals surface area contributed by atoms with Crippen molar-refractivity contribution < 1.29 is 9.90 Å². The van der Waals surface area contributed by atoms with E-state index in [0.29, 0.717) is 11.3 Å². The first-order valence-electron chi connectivity index (χ1n) is 3.53. The molecule has 0 aliphatic rings. The second-order valence-corrected chi connectivity index (χ2v) is 2.41. The minimum absolute atomic E-state index is 0.000741. The Balaban J connectivity index is 3.13. The normalized spacial score (nSPS) is 9.50. The van der Waals surface area contributed by atoms with Gasteiger partial charge in [-0.1, -0.05) is 0 Å². The molecule has 0 atom stereocenters. The third-order valence-electron chi connectivity index (χ3n) is 1.54. The Bertz CT molecular complexity index is 310. The molecule has 1 aromatic rings. The quantitative estimate of drug-likeness (QED) is 0.637. The predicted molar refractivity (Wildman–Crippen MR) is 44.0 cm³/mol. The van der Waals surface area contributed by atoms with Gasteiger partial charge in [0.15, 0.2) is 0 Å². The number of nitrogens with one attached hydrogen (secondary N) is 1. The van der Waals surface area contributed by atoms with Crippen molar-refractivity contribution in [2.24, 2.45) is 0 Å². The number of carbonyl (C=O) groups is 1. The molecule has 0 aromatic carbocycles. The van der Waals surface area contributed by atoms with Crippen LogP contribution in [-0.4, -0.2) is 23.0 Å². The number of aryl methyl sites for hydroxylation is 1. The van der Waals surface area contributed by atoms with Gasteiger partial charge >= 0.3 is 0 Å². The fourth-order valence-corrected chi connectivity index (χ4v) is 0.887. The Labute approximate surface area is 70.3 Å². The SMILES string of the molecule is CNC(=O)c1cc(O)cnc1C. The minimum Gasteiger partial charge on any atom is -0.506 e. The molecule has 0 fully saturated rings. The number of pyridine rings is 1. The number of rotatable bonds is 1. The number of hydrogen-bond acceptors (Lipinski definition) is 3. The van der Waals surface area contributed by atoms with Crippen LogP contribution in [0.1, 0.15) is 16.1 Å². The molecule has 1 amide bonds. The van der Waals surface area contributed by atoms with Crippen LogP contribution in [0.2, 0.25) is 0 Å². The van der Waals surface area contributed by atoms with Crippen LogP contribution in [0.5, 0.6) is 5.75 Å². The molecular weight excluding hydrogens is 156 g/mol. The maximum atomic E-state index is 11.1. The molecule has 0 bridgehead atoms. The van der Waals surface area contributed by atoms with Gasteiger partial charge in [-0.3, -0.25) is 9.78 Å². The molecule has 0 saturated heterocycles. The molecule has 0 unspecified atom stereocenters. The summed E-state index contributed by atoms with van der Waals surface area (Å²) in [7, 11) is 1.53. The number of aromatic nitrogens is 1. The van der Waals surface area contributed by atoms with E-state index in [0.717, 1.165) is 0 Å². The van der Waals surface area contributed by atoms with E-state index in [2.05, 4.69) is 10.3 Å². The van der Waals surface area contributed by atoms with Gasteiger partial charge in [-0.2, -0.15) is 0 Å². The van der Waals surface area contributed by atoms with E-state index >= 15 is 0 Å². The van der Waals surface area contributed by atoms with Crippen LogP contribution in [0.3, 0.4) is 0 Å². The van der Waals surface area contributed by atoms with Gasteiger partial charge in [0.2, 0.25) is 0 Å². The number of nitrogens with zero attached hydrogens (tertiary/aromatic N) is 1. The van der Waals surface area contributed by atoms with Crippen molar-refractivity contribution in [2.45, 2.75) is 6.92 Å². The lowest BCUT2D eigenvalue weighted by molar-refractivity contribution is 0.0961. The third-order valence-corrected chi connectivity index (χ3v) is 1.54. The largest absolute Gasteiger partial charge is 0.506 e. The second kappa shape index (κ2) is 3.21. The molecule has 64 valence electrons. The Morgan fingerprint density at radius 2 is 2.33 bits per heavy atom. The number of hydrogen-bond donors (Lipinski definition) is 2. The van der Waals surface area contributed by atoms with Gasteiger partial charge < -0.3 is 10.4 Å². The summed E-state index contributed by atoms with van der Waals surface area (Å²) in [5.74, 6) is -0.241. The van der Waals surface area contributed by atoms with Crippen LogP contribution in [0.15, 0.2) is 12.3 Å². The van der Waals surface area contributed by atoms with Gasteiger partial charge in [-0.15, -0.1) is 0 Å². The molecule has 0 radical (unpaired) electrons. The molecule has 2 N–H and O–H groups in total. The lowest BCUT2D eigenvalue weighted by Gasteiger charge is -2.02. The molecule has 0 aliphatic carbocycles. The third kappa shape index (κ3) is 1.53. The molecule has 4 heteroatoms. The van der Waals surface area contributed by atoms with Crippen molar-refractivity contribution >= 4 is 5.91 Å². The van der Waals surface area contributed by atoms with Crippen LogP contribution in [-0.2, 0) is 0 Å². The van der Waals surface area contributed by atoms with Crippen molar-refractivity contribution in [1.29, 1.82) is 0 Å². The van der Waals surface area contributed by atoms with Gasteiger partial charge in [0, 0.05) is 7.05 Å². The molecule has 0 saturated carbocycles. The number of carbonyl (C=O) groups excluding carboxylic acids is 1. The summed E-state index contributed by atoms with van der Waals surface area (Å²) in [6.07, 6.45) is 1.31. The molecule has 0 aliphatic heterocycles. The van der Waals surface area contributed by atoms with E-state index in [9.17, 15) is 4.79 Å². The van der Waals surface area contributed by atoms with Crippen LogP contribution in [0, 0.1) is 6.92 Å². The van der Waals surface area contributed by atoms with Crippen LogP contribution in [0.25, 0.3) is 0 Å². The van der Waals surface area contributed by atoms with Gasteiger partial charge in [0.1, 0.15) is 5.75 Å². The van der Waals surface area contributed by atoms with Crippen LogP contribution in [0.4, 0.5) is 0 Å². The van der Waals surface area contributed by atoms with E-state index in [1.807, 2.05) is 0 Å². The molecule has 1 rings (SSSR count). The van der Waals surface area contributed by atoms with E-state index in [1.54, 1.807) is 6.92 Å². The first-order valence-corrected chi connectivity index (χ1v) is 3.53. The molecule has 1 heterocycles. The average molecular weight is 166 g/mol. The van der Waals surface area contributed by atoms with Crippen molar-refractivity contribution in [2.75, 3.05) is 7.05 Å². The predicted octanol–water partition coefficient (Wildman–Crippen LogP) is 0.455. The van der Waals surface area contributed by atoms with Crippen molar-refractivity contribution in [3.05, 3.63) is 23.5 Å². The lowest BCUT2D eigenvalue weighted by Crippen LogP contribution is -2.19. The van der Waals surface area contributed by atoms with Gasteiger partial charge in [-0.25, -0.2) is 0 Å². The Hall–Kier alpha value is -1.58. The van der Waals surface area contributed by atoms with Crippen molar-refractivity contribution in [1.82, 2.24) is 10.3 Å². The molecule has 1 aromatic heterocycles. The summed E-state index contributed by atoms with van der Waals surface area (Å²) >= 11 is 0. The zero-order chi connectivity index (χ0) is 9.14. The van der Waals surface area contributed by atoms with Gasteiger partial charge in [-0.05, 0) is 13.0 Å². The van der Waals surface area contributed by atoms with Gasteiger partial charge in [0.05, 0.1) is 17.5 Å². The van der Waals surface area contributed by atoms with E-state index in [4.69, 9.17) is 5.11 Å². The zero-order valence-electron chi connectivity index (χ0n) is 6.96. The van der Waals surface area contributed by atoms with Crippen LogP contribution < -0.4 is 5.32 Å². The van der Waals surface area contributed by atoms with E-state index < -0.39 is 0 Å². The number of aromatic hydroxyl groups is 1. The fraction of sp³-hybridized carbons (Fsp3) is 0.250. The first-order chi connectivity index (χ1) is 5.65. The Morgan fingerprint density at radius 1 is 1.67 bits per heavy atom. The van der Waals surface area contributed by atoms with Gasteiger partial charge in [0.25, 0.3) is 5.91 Å². The number of amides is 1. The maximum Gasteiger partial charge on any atom is 0.253 e. The molecule has 4 nitrogen and oxygen atoms in total. The topological polar surface area (TPSA) is 62.2 Å². The van der Waals surface area contributed by atoms with Crippen molar-refractivity contribution in [3.63, 3.8) is 0 Å². The molecular formula is C8H10N2O2. The summed E-state index contributed by atoms with van der Waals surface area (Å²) in [4.78, 5) is 15.0. The molecule has 0 spiro atoms. The summed E-state index contributed by atoms with van der Waals surface area (Å²) < 4.78 is 0. The monoisotopic (exact) mass is 166 g/mol. The summed E-state index contributed by atoms with van der Waals surface area (Å²) in [6.45, 7) is 1.71. The van der Waals surface area contributed by atoms with Crippen molar-refractivity contribution in [3.8, 4) is 5.75 Å². The summed E-state index contributed by atoms with van der Waals surface area (Å²) in [6, 6.07) is 1.39. The zero-order valence-corrected chi connectivity index (χ0v) is 6.96. The van der Waals surface area contributed by atoms with Crippen LogP contribution >= 0.6 is 0 Å². The first kappa shape index (κ1) is 8.52.